The molecule has 0 saturated carbocycles. The van der Waals surface area contributed by atoms with Gasteiger partial charge in [-0.3, -0.25) is 0 Å². The Hall–Kier alpha value is -1.05. The van der Waals surface area contributed by atoms with E-state index in [1.165, 1.54) is 6.07 Å². The Morgan fingerprint density at radius 3 is 2.91 bits per heavy atom. The van der Waals surface area contributed by atoms with Crippen LogP contribution in [0.1, 0.15) is 5.56 Å². The maximum atomic E-state index is 12.8. The molecule has 11 heavy (non-hydrogen) atoms. The van der Waals surface area contributed by atoms with Gasteiger partial charge in [0.25, 0.3) is 0 Å². The Morgan fingerprint density at radius 1 is 1.55 bits per heavy atom. The summed E-state index contributed by atoms with van der Waals surface area (Å²) in [4.78, 5) is 3.56. The molecule has 0 fully saturated rings. The van der Waals surface area contributed by atoms with Crippen molar-refractivity contribution in [3.8, 4) is 0 Å². The van der Waals surface area contributed by atoms with E-state index in [1.807, 2.05) is 6.92 Å². The summed E-state index contributed by atoms with van der Waals surface area (Å²) >= 11 is 4.35. The third kappa shape index (κ3) is 1.93. The van der Waals surface area contributed by atoms with Gasteiger partial charge in [-0.05, 0) is 36.8 Å². The molecule has 0 aromatic heterocycles. The van der Waals surface area contributed by atoms with Crippen LogP contribution in [0.25, 0.3) is 0 Å². The maximum absolute atomic E-state index is 12.8. The highest BCUT2D eigenvalue weighted by Crippen LogP contribution is 2.17. The van der Waals surface area contributed by atoms with Crippen LogP contribution in [0.3, 0.4) is 0 Å². The molecule has 0 aliphatic carbocycles. The monoisotopic (exact) mass is 167 g/mol. The molecule has 0 aliphatic rings. The van der Waals surface area contributed by atoms with E-state index >= 15 is 0 Å². The number of nitrogens with zero attached hydrogens (tertiary/aromatic N) is 1. The largest absolute Gasteiger partial charge is 0.205 e. The zero-order valence-electron chi connectivity index (χ0n) is 5.97. The van der Waals surface area contributed by atoms with Crippen molar-refractivity contribution >= 4 is 23.1 Å². The first-order valence-corrected chi connectivity index (χ1v) is 3.49. The summed E-state index contributed by atoms with van der Waals surface area (Å²) in [5, 5.41) is 2.12. The number of rotatable bonds is 1. The molecule has 0 amide bonds. The maximum Gasteiger partial charge on any atom is 0.149 e. The van der Waals surface area contributed by atoms with Gasteiger partial charge in [0.2, 0.25) is 0 Å². The van der Waals surface area contributed by atoms with Crippen molar-refractivity contribution in [1.29, 1.82) is 0 Å². The Balaban J connectivity index is 3.22. The van der Waals surface area contributed by atoms with Crippen LogP contribution < -0.4 is 0 Å². The van der Waals surface area contributed by atoms with Gasteiger partial charge in [0.1, 0.15) is 11.5 Å². The fourth-order valence-electron chi connectivity index (χ4n) is 0.758. The Bertz CT molecular complexity index is 316. The van der Waals surface area contributed by atoms with E-state index in [0.29, 0.717) is 0 Å². The van der Waals surface area contributed by atoms with Gasteiger partial charge in [0.15, 0.2) is 0 Å². The van der Waals surface area contributed by atoms with Crippen LogP contribution in [0.4, 0.5) is 10.1 Å². The van der Waals surface area contributed by atoms with Crippen LogP contribution in [0, 0.1) is 12.7 Å². The lowest BCUT2D eigenvalue weighted by Crippen LogP contribution is -1.76. The predicted molar refractivity (Wildman–Crippen MR) is 45.8 cm³/mol. The summed E-state index contributed by atoms with van der Waals surface area (Å²) < 4.78 is 12.8. The average Bonchev–Trinajstić information content (AvgIpc) is 1.98. The number of hydrogen-bond donors (Lipinski definition) is 0. The number of benzene rings is 1. The van der Waals surface area contributed by atoms with Gasteiger partial charge in [-0.25, -0.2) is 4.39 Å². The summed E-state index contributed by atoms with van der Waals surface area (Å²) in [5.41, 5.74) is 1.20. The molecule has 1 aromatic carbocycles. The second-order valence-electron chi connectivity index (χ2n) is 2.16. The number of isothiocyanates is 1. The van der Waals surface area contributed by atoms with Gasteiger partial charge in [0.05, 0.1) is 5.16 Å². The average molecular weight is 167 g/mol. The Labute approximate surface area is 69.6 Å². The summed E-state index contributed by atoms with van der Waals surface area (Å²) in [6, 6.07) is 4.66. The van der Waals surface area contributed by atoms with Gasteiger partial charge >= 0.3 is 0 Å². The van der Waals surface area contributed by atoms with Crippen molar-refractivity contribution < 1.29 is 4.39 Å². The Kier molecular flexibility index (Phi) is 2.47. The first kappa shape index (κ1) is 8.05. The number of thiocarbonyl (C=S) groups is 1. The SMILES string of the molecule is Cc1ccc(F)c(N=C=S)c1. The smallest absolute Gasteiger partial charge is 0.149 e. The number of halogens is 1. The summed E-state index contributed by atoms with van der Waals surface area (Å²) in [6.45, 7) is 1.86. The molecule has 1 nitrogen and oxygen atoms in total. The molecule has 1 aromatic rings. The van der Waals surface area contributed by atoms with Gasteiger partial charge in [-0.2, -0.15) is 4.99 Å². The fraction of sp³-hybridized carbons (Fsp3) is 0.125. The van der Waals surface area contributed by atoms with E-state index in [9.17, 15) is 4.39 Å². The lowest BCUT2D eigenvalue weighted by Gasteiger charge is -1.94. The highest BCUT2D eigenvalue weighted by Gasteiger charge is 1.97. The topological polar surface area (TPSA) is 12.4 Å². The Morgan fingerprint density at radius 2 is 2.27 bits per heavy atom. The summed E-state index contributed by atoms with van der Waals surface area (Å²) in [7, 11) is 0. The van der Waals surface area contributed by atoms with Crippen molar-refractivity contribution in [2.75, 3.05) is 0 Å². The second-order valence-corrected chi connectivity index (χ2v) is 2.34. The number of hydrogen-bond acceptors (Lipinski definition) is 2. The molecule has 3 heteroatoms. The lowest BCUT2D eigenvalue weighted by atomic mass is 10.2. The molecule has 0 radical (unpaired) electrons. The number of aryl methyl sites for hydroxylation is 1. The minimum Gasteiger partial charge on any atom is -0.205 e. The zero-order valence-corrected chi connectivity index (χ0v) is 6.78. The van der Waals surface area contributed by atoms with Crippen LogP contribution in [0.2, 0.25) is 0 Å². The van der Waals surface area contributed by atoms with E-state index in [2.05, 4.69) is 22.4 Å². The minimum atomic E-state index is -0.368. The van der Waals surface area contributed by atoms with E-state index in [-0.39, 0.29) is 11.5 Å². The van der Waals surface area contributed by atoms with Crippen LogP contribution in [0.15, 0.2) is 23.2 Å². The van der Waals surface area contributed by atoms with Crippen molar-refractivity contribution in [3.63, 3.8) is 0 Å². The molecule has 0 atom stereocenters. The fourth-order valence-corrected chi connectivity index (χ4v) is 0.856. The van der Waals surface area contributed by atoms with Gasteiger partial charge in [-0.15, -0.1) is 0 Å². The van der Waals surface area contributed by atoms with Gasteiger partial charge in [0, 0.05) is 0 Å². The molecule has 0 heterocycles. The van der Waals surface area contributed by atoms with Crippen molar-refractivity contribution in [2.45, 2.75) is 6.92 Å². The van der Waals surface area contributed by atoms with E-state index in [4.69, 9.17) is 0 Å². The molecule has 0 unspecified atom stereocenters. The van der Waals surface area contributed by atoms with Crippen molar-refractivity contribution in [3.05, 3.63) is 29.6 Å². The molecule has 0 saturated heterocycles. The molecular weight excluding hydrogens is 161 g/mol. The van der Waals surface area contributed by atoms with Crippen molar-refractivity contribution in [2.24, 2.45) is 4.99 Å². The number of aliphatic imine (C=N–C) groups is 1. The molecule has 0 spiro atoms. The van der Waals surface area contributed by atoms with Crippen LogP contribution in [-0.2, 0) is 0 Å². The third-order valence-electron chi connectivity index (χ3n) is 1.27. The molecular formula is C8H6FNS. The summed E-state index contributed by atoms with van der Waals surface area (Å²) in [5.74, 6) is -0.368. The second kappa shape index (κ2) is 3.37. The highest BCUT2D eigenvalue weighted by molar-refractivity contribution is 7.78. The summed E-state index contributed by atoms with van der Waals surface area (Å²) in [6.07, 6.45) is 0. The van der Waals surface area contributed by atoms with Gasteiger partial charge < -0.3 is 0 Å². The first-order chi connectivity index (χ1) is 5.24. The molecule has 0 aliphatic heterocycles. The molecule has 0 N–H and O–H groups in total. The third-order valence-corrected chi connectivity index (χ3v) is 1.36. The molecule has 0 bridgehead atoms. The van der Waals surface area contributed by atoms with Crippen LogP contribution in [0.5, 0.6) is 0 Å². The van der Waals surface area contributed by atoms with Crippen LogP contribution in [-0.4, -0.2) is 5.16 Å². The molecule has 1 rings (SSSR count). The van der Waals surface area contributed by atoms with Gasteiger partial charge in [-0.1, -0.05) is 6.07 Å². The first-order valence-electron chi connectivity index (χ1n) is 3.08. The van der Waals surface area contributed by atoms with E-state index in [1.54, 1.807) is 12.1 Å². The quantitative estimate of drug-likeness (QED) is 0.462. The van der Waals surface area contributed by atoms with Crippen molar-refractivity contribution in [1.82, 2.24) is 0 Å². The molecule has 56 valence electrons. The predicted octanol–water partition coefficient (Wildman–Crippen LogP) is 2.87. The van der Waals surface area contributed by atoms with E-state index in [0.717, 1.165) is 5.56 Å². The standard InChI is InChI=1S/C8H6FNS/c1-6-2-3-7(9)8(4-6)10-5-11/h2-4H,1H3. The lowest BCUT2D eigenvalue weighted by molar-refractivity contribution is 0.629. The zero-order chi connectivity index (χ0) is 8.27. The normalized spacial score (nSPS) is 8.91. The minimum absolute atomic E-state index is 0.250. The van der Waals surface area contributed by atoms with Crippen LogP contribution >= 0.6 is 12.2 Å². The van der Waals surface area contributed by atoms with E-state index < -0.39 is 0 Å². The highest BCUT2D eigenvalue weighted by atomic mass is 32.1.